The minimum Gasteiger partial charge on any atom is -0.360 e. The van der Waals surface area contributed by atoms with Crippen molar-refractivity contribution >= 4 is 35.8 Å². The normalized spacial score (nSPS) is 12.6. The number of likely N-dealkylation sites (N-methyl/N-ethyl adjacent to an activating group) is 1. The lowest BCUT2D eigenvalue weighted by atomic mass is 9.96. The molecule has 0 aliphatic rings. The zero-order valence-electron chi connectivity index (χ0n) is 28.5. The van der Waals surface area contributed by atoms with Gasteiger partial charge in [-0.3, -0.25) is 9.59 Å². The lowest BCUT2D eigenvalue weighted by Gasteiger charge is -2.34. The minimum atomic E-state index is -4.21. The van der Waals surface area contributed by atoms with Gasteiger partial charge in [0, 0.05) is 46.3 Å². The predicted molar refractivity (Wildman–Crippen MR) is 185 cm³/mol. The van der Waals surface area contributed by atoms with E-state index in [9.17, 15) is 18.0 Å². The molecule has 0 saturated heterocycles. The first-order valence-corrected chi connectivity index (χ1v) is 21.1. The molecule has 10 nitrogen and oxygen atoms in total. The topological polar surface area (TPSA) is 122 Å². The van der Waals surface area contributed by atoms with Crippen molar-refractivity contribution in [1.82, 2.24) is 15.4 Å². The van der Waals surface area contributed by atoms with E-state index in [-0.39, 0.29) is 41.8 Å². The third-order valence-corrected chi connectivity index (χ3v) is 11.2. The quantitative estimate of drug-likeness (QED) is 0.0996. The van der Waals surface area contributed by atoms with Crippen molar-refractivity contribution in [3.63, 3.8) is 0 Å². The first kappa shape index (κ1) is 37.0. The lowest BCUT2D eigenvalue weighted by Crippen LogP contribution is -2.51. The van der Waals surface area contributed by atoms with Gasteiger partial charge in [0.2, 0.25) is 17.7 Å². The van der Waals surface area contributed by atoms with Crippen LogP contribution in [0.5, 0.6) is 0 Å². The number of sulfonamides is 1. The van der Waals surface area contributed by atoms with Crippen LogP contribution in [0, 0.1) is 12.8 Å². The molecule has 0 unspecified atom stereocenters. The van der Waals surface area contributed by atoms with Crippen molar-refractivity contribution in [2.24, 2.45) is 5.92 Å². The second-order valence-corrected chi connectivity index (χ2v) is 20.5. The highest BCUT2D eigenvalue weighted by atomic mass is 32.2. The molecule has 2 aromatic carbocycles. The number of rotatable bonds is 17. The number of hydrogen-bond donors (Lipinski definition) is 1. The van der Waals surface area contributed by atoms with Crippen LogP contribution in [0.4, 0.5) is 5.88 Å². The van der Waals surface area contributed by atoms with E-state index < -0.39 is 24.1 Å². The summed E-state index contributed by atoms with van der Waals surface area (Å²) in [6.45, 7) is 14.6. The van der Waals surface area contributed by atoms with Gasteiger partial charge in [-0.2, -0.15) is 0 Å². The molecule has 0 saturated carbocycles. The molecule has 1 atom stereocenters. The van der Waals surface area contributed by atoms with Gasteiger partial charge in [-0.25, -0.2) is 12.7 Å². The number of unbranched alkanes of at least 4 members (excludes halogenated alkanes) is 1. The summed E-state index contributed by atoms with van der Waals surface area (Å²) in [5.41, 5.74) is 2.36. The van der Waals surface area contributed by atoms with E-state index >= 15 is 0 Å². The molecule has 3 aromatic rings. The van der Waals surface area contributed by atoms with Crippen LogP contribution in [0.15, 0.2) is 64.0 Å². The van der Waals surface area contributed by atoms with Crippen LogP contribution in [0.25, 0.3) is 11.1 Å². The number of carbonyl (C=O) groups is 2. The standard InChI is InChI=1S/C34H50N4O6SSi/c1-9-10-19-31(39)37(33(25(2)3)34(40)35-5)23-27-15-11-12-16-28(27)29-17-13-14-18-30(29)45(41,42)38(32-22-26(4)36-44-32)24-43-20-21-46(6,7)8/h11-18,22,25,33H,9-10,19-21,23-24H2,1-8H3,(H,35,40)/t33-/m0/s1. The van der Waals surface area contributed by atoms with Gasteiger partial charge in [0.15, 0.2) is 0 Å². The van der Waals surface area contributed by atoms with E-state index in [1.54, 1.807) is 49.2 Å². The molecule has 0 bridgehead atoms. The van der Waals surface area contributed by atoms with Gasteiger partial charge < -0.3 is 19.5 Å². The maximum Gasteiger partial charge on any atom is 0.269 e. The number of ether oxygens (including phenoxy) is 1. The summed E-state index contributed by atoms with van der Waals surface area (Å²) in [6.07, 6.45) is 1.86. The number of benzene rings is 2. The van der Waals surface area contributed by atoms with E-state index in [1.807, 2.05) is 45.0 Å². The van der Waals surface area contributed by atoms with Crippen LogP contribution in [-0.2, 0) is 30.9 Å². The predicted octanol–water partition coefficient (Wildman–Crippen LogP) is 6.45. The molecule has 0 fully saturated rings. The SMILES string of the molecule is CCCCC(=O)N(Cc1ccccc1-c1ccccc1S(=O)(=O)N(COCC[Si](C)(C)C)c1cc(C)no1)[C@H](C(=O)NC)C(C)C. The zero-order valence-corrected chi connectivity index (χ0v) is 30.3. The largest absolute Gasteiger partial charge is 0.360 e. The van der Waals surface area contributed by atoms with Crippen LogP contribution in [0.2, 0.25) is 25.7 Å². The van der Waals surface area contributed by atoms with Gasteiger partial charge in [0.1, 0.15) is 12.8 Å². The Balaban J connectivity index is 2.10. The molecule has 2 amide bonds. The lowest BCUT2D eigenvalue weighted by molar-refractivity contribution is -0.142. The Kier molecular flexibility index (Phi) is 13.2. The second kappa shape index (κ2) is 16.4. The zero-order chi connectivity index (χ0) is 34.1. The second-order valence-electron chi connectivity index (χ2n) is 13.1. The number of carbonyl (C=O) groups excluding carboxylic acids is 2. The molecule has 1 aromatic heterocycles. The minimum absolute atomic E-state index is 0.0564. The molecule has 46 heavy (non-hydrogen) atoms. The summed E-state index contributed by atoms with van der Waals surface area (Å²) in [7, 11) is -4.06. The highest BCUT2D eigenvalue weighted by molar-refractivity contribution is 7.93. The molecule has 0 spiro atoms. The number of aromatic nitrogens is 1. The molecule has 252 valence electrons. The van der Waals surface area contributed by atoms with Crippen LogP contribution in [0.3, 0.4) is 0 Å². The smallest absolute Gasteiger partial charge is 0.269 e. The van der Waals surface area contributed by atoms with Crippen LogP contribution < -0.4 is 9.62 Å². The summed E-state index contributed by atoms with van der Waals surface area (Å²) in [5.74, 6) is -0.452. The molecule has 1 heterocycles. The fraction of sp³-hybridized carbons (Fsp3) is 0.500. The van der Waals surface area contributed by atoms with E-state index in [2.05, 4.69) is 30.1 Å². The summed E-state index contributed by atoms with van der Waals surface area (Å²) in [6, 6.07) is 15.9. The molecule has 12 heteroatoms. The average Bonchev–Trinajstić information content (AvgIpc) is 3.44. The van der Waals surface area contributed by atoms with E-state index in [0.29, 0.717) is 36.3 Å². The van der Waals surface area contributed by atoms with Crippen molar-refractivity contribution in [3.8, 4) is 11.1 Å². The van der Waals surface area contributed by atoms with Crippen molar-refractivity contribution in [3.05, 3.63) is 65.9 Å². The fourth-order valence-corrected chi connectivity index (χ4v) is 7.38. The van der Waals surface area contributed by atoms with Crippen LogP contribution in [0.1, 0.15) is 51.3 Å². The van der Waals surface area contributed by atoms with Crippen molar-refractivity contribution in [2.45, 2.75) is 90.1 Å². The molecule has 1 N–H and O–H groups in total. The van der Waals surface area contributed by atoms with Gasteiger partial charge in [-0.1, -0.05) is 94.5 Å². The molecule has 3 rings (SSSR count). The summed E-state index contributed by atoms with van der Waals surface area (Å²) in [4.78, 5) is 28.3. The molecule has 0 aliphatic carbocycles. The Morgan fingerprint density at radius 2 is 1.70 bits per heavy atom. The number of nitrogens with zero attached hydrogens (tertiary/aromatic N) is 3. The number of aryl methyl sites for hydroxylation is 1. The monoisotopic (exact) mass is 670 g/mol. The third-order valence-electron chi connectivity index (χ3n) is 7.72. The van der Waals surface area contributed by atoms with Crippen molar-refractivity contribution < 1.29 is 27.3 Å². The van der Waals surface area contributed by atoms with E-state index in [4.69, 9.17) is 9.26 Å². The van der Waals surface area contributed by atoms with Gasteiger partial charge in [-0.05, 0) is 42.5 Å². The highest BCUT2D eigenvalue weighted by Gasteiger charge is 2.34. The van der Waals surface area contributed by atoms with Gasteiger partial charge in [0.05, 0.1) is 10.6 Å². The summed E-state index contributed by atoms with van der Waals surface area (Å²) < 4.78 is 41.4. The first-order chi connectivity index (χ1) is 21.7. The molecule has 0 aliphatic heterocycles. The highest BCUT2D eigenvalue weighted by Crippen LogP contribution is 2.35. The number of nitrogens with one attached hydrogen (secondary N) is 1. The maximum absolute atomic E-state index is 14.5. The van der Waals surface area contributed by atoms with Crippen LogP contribution in [-0.4, -0.2) is 64.8 Å². The molecule has 0 radical (unpaired) electrons. The van der Waals surface area contributed by atoms with Gasteiger partial charge >= 0.3 is 0 Å². The van der Waals surface area contributed by atoms with Crippen molar-refractivity contribution in [2.75, 3.05) is 24.7 Å². The summed E-state index contributed by atoms with van der Waals surface area (Å²) in [5, 5.41) is 6.65. The Morgan fingerprint density at radius 1 is 1.04 bits per heavy atom. The number of anilines is 1. The fourth-order valence-electron chi connectivity index (χ4n) is 5.15. The first-order valence-electron chi connectivity index (χ1n) is 15.9. The summed E-state index contributed by atoms with van der Waals surface area (Å²) >= 11 is 0. The number of amides is 2. The Morgan fingerprint density at radius 3 is 2.28 bits per heavy atom. The van der Waals surface area contributed by atoms with E-state index in [1.165, 1.54) is 0 Å². The van der Waals surface area contributed by atoms with Crippen molar-refractivity contribution in [1.29, 1.82) is 0 Å². The Bertz CT molecular complexity index is 1570. The third kappa shape index (κ3) is 9.52. The molecular weight excluding hydrogens is 621 g/mol. The molecular formula is C34H50N4O6SSi. The van der Waals surface area contributed by atoms with Gasteiger partial charge in [-0.15, -0.1) is 0 Å². The van der Waals surface area contributed by atoms with Gasteiger partial charge in [0.25, 0.3) is 10.0 Å². The maximum atomic E-state index is 14.5. The Labute approximate surface area is 275 Å². The average molecular weight is 671 g/mol. The van der Waals surface area contributed by atoms with Crippen LogP contribution >= 0.6 is 0 Å². The number of hydrogen-bond acceptors (Lipinski definition) is 7. The van der Waals surface area contributed by atoms with E-state index in [0.717, 1.165) is 22.3 Å². The Hall–Kier alpha value is -3.48.